The molecule has 176 valence electrons. The number of nitrogens with one attached hydrogen (secondary N) is 1. The summed E-state index contributed by atoms with van der Waals surface area (Å²) in [6.45, 7) is 0.315. The fourth-order valence-electron chi connectivity index (χ4n) is 3.70. The molecule has 35 heavy (non-hydrogen) atoms. The van der Waals surface area contributed by atoms with E-state index in [0.29, 0.717) is 18.7 Å². The molecule has 0 saturated carbocycles. The van der Waals surface area contributed by atoms with Crippen molar-refractivity contribution in [1.82, 2.24) is 5.32 Å². The van der Waals surface area contributed by atoms with E-state index in [9.17, 15) is 23.6 Å². The highest BCUT2D eigenvalue weighted by molar-refractivity contribution is 8.05. The van der Waals surface area contributed by atoms with Crippen LogP contribution >= 0.6 is 11.8 Å². The van der Waals surface area contributed by atoms with Gasteiger partial charge in [-0.05, 0) is 60.4 Å². The Kier molecular flexibility index (Phi) is 7.58. The molecule has 1 unspecified atom stereocenters. The van der Waals surface area contributed by atoms with Crippen molar-refractivity contribution in [2.45, 2.75) is 18.1 Å². The molecule has 1 N–H and O–H groups in total. The minimum absolute atomic E-state index is 0.188. The Bertz CT molecular complexity index is 1290. The van der Waals surface area contributed by atoms with Crippen LogP contribution in [0.1, 0.15) is 11.1 Å². The zero-order chi connectivity index (χ0) is 24.8. The van der Waals surface area contributed by atoms with E-state index in [1.807, 2.05) is 36.4 Å². The fourth-order valence-corrected chi connectivity index (χ4v) is 5.01. The minimum atomic E-state index is -0.638. The predicted octanol–water partition coefficient (Wildman–Crippen LogP) is 4.75. The van der Waals surface area contributed by atoms with Crippen LogP contribution in [0.5, 0.6) is 0 Å². The number of nitrogens with zero attached hydrogens (tertiary/aromatic N) is 2. The van der Waals surface area contributed by atoms with Gasteiger partial charge in [-0.25, -0.2) is 8.78 Å². The molecule has 8 heteroatoms. The number of nitriles is 1. The summed E-state index contributed by atoms with van der Waals surface area (Å²) in [4.78, 5) is 27.6. The third-order valence-corrected chi connectivity index (χ3v) is 6.73. The third kappa shape index (κ3) is 5.76. The number of thioether (sulfide) groups is 1. The van der Waals surface area contributed by atoms with Gasteiger partial charge in [0, 0.05) is 12.2 Å². The first-order valence-corrected chi connectivity index (χ1v) is 11.8. The van der Waals surface area contributed by atoms with Gasteiger partial charge in [0.15, 0.2) is 0 Å². The Balaban J connectivity index is 1.61. The molecule has 1 atom stereocenters. The summed E-state index contributed by atoms with van der Waals surface area (Å²) in [6.07, 6.45) is 0.862. The second kappa shape index (κ2) is 11.0. The molecule has 1 heterocycles. The number of benzene rings is 3. The molecule has 0 aliphatic carbocycles. The summed E-state index contributed by atoms with van der Waals surface area (Å²) in [5, 5.41) is 12.2. The van der Waals surface area contributed by atoms with Gasteiger partial charge in [-0.2, -0.15) is 5.26 Å². The van der Waals surface area contributed by atoms with Gasteiger partial charge >= 0.3 is 0 Å². The van der Waals surface area contributed by atoms with Gasteiger partial charge in [0.05, 0.1) is 5.25 Å². The molecule has 5 nitrogen and oxygen atoms in total. The Morgan fingerprint density at radius 2 is 1.57 bits per heavy atom. The Labute approximate surface area is 206 Å². The van der Waals surface area contributed by atoms with E-state index in [-0.39, 0.29) is 28.7 Å². The summed E-state index contributed by atoms with van der Waals surface area (Å²) in [7, 11) is 0. The van der Waals surface area contributed by atoms with E-state index >= 15 is 0 Å². The standard InChI is InChI=1S/C27H21F2N3O2S/c28-20-8-6-19(7-9-20)16-24-26(34)32(22-12-10-21(29)11-13-22)27(35-24)23(17-30)25(33)31-15-14-18-4-2-1-3-5-18/h1-13,24H,14-16H2,(H,31,33). The summed E-state index contributed by atoms with van der Waals surface area (Å²) in [5.41, 5.74) is 1.94. The van der Waals surface area contributed by atoms with Crippen molar-refractivity contribution in [1.29, 1.82) is 5.26 Å². The molecule has 0 radical (unpaired) electrons. The van der Waals surface area contributed by atoms with Crippen LogP contribution < -0.4 is 10.2 Å². The monoisotopic (exact) mass is 489 g/mol. The highest BCUT2D eigenvalue weighted by Crippen LogP contribution is 2.41. The summed E-state index contributed by atoms with van der Waals surface area (Å²) < 4.78 is 26.8. The van der Waals surface area contributed by atoms with Crippen molar-refractivity contribution in [2.24, 2.45) is 0 Å². The topological polar surface area (TPSA) is 73.2 Å². The van der Waals surface area contributed by atoms with Crippen molar-refractivity contribution < 1.29 is 18.4 Å². The average Bonchev–Trinajstić information content (AvgIpc) is 3.17. The molecule has 1 aliphatic heterocycles. The lowest BCUT2D eigenvalue weighted by Gasteiger charge is -2.18. The molecule has 0 aromatic heterocycles. The van der Waals surface area contributed by atoms with Crippen LogP contribution in [0.4, 0.5) is 14.5 Å². The maximum absolute atomic E-state index is 13.5. The molecule has 1 aliphatic rings. The lowest BCUT2D eigenvalue weighted by Crippen LogP contribution is -2.32. The second-order valence-electron chi connectivity index (χ2n) is 7.87. The average molecular weight is 490 g/mol. The summed E-state index contributed by atoms with van der Waals surface area (Å²) in [6, 6.07) is 22.6. The molecular formula is C27H21F2N3O2S. The van der Waals surface area contributed by atoms with Crippen molar-refractivity contribution in [3.63, 3.8) is 0 Å². The number of halogens is 2. The van der Waals surface area contributed by atoms with Gasteiger partial charge in [0.1, 0.15) is 28.3 Å². The third-order valence-electron chi connectivity index (χ3n) is 5.47. The van der Waals surface area contributed by atoms with Gasteiger partial charge in [-0.3, -0.25) is 14.5 Å². The van der Waals surface area contributed by atoms with E-state index in [2.05, 4.69) is 5.32 Å². The van der Waals surface area contributed by atoms with Crippen LogP contribution in [-0.2, 0) is 22.4 Å². The maximum Gasteiger partial charge on any atom is 0.264 e. The number of anilines is 1. The molecule has 0 bridgehead atoms. The molecule has 1 fully saturated rings. The molecular weight excluding hydrogens is 468 g/mol. The van der Waals surface area contributed by atoms with E-state index in [1.165, 1.54) is 41.3 Å². The highest BCUT2D eigenvalue weighted by atomic mass is 32.2. The first-order valence-electron chi connectivity index (χ1n) is 10.9. The zero-order valence-electron chi connectivity index (χ0n) is 18.6. The van der Waals surface area contributed by atoms with Crippen LogP contribution in [0.3, 0.4) is 0 Å². The first kappa shape index (κ1) is 24.2. The number of carbonyl (C=O) groups excluding carboxylic acids is 2. The molecule has 0 spiro atoms. The Morgan fingerprint density at radius 1 is 0.943 bits per heavy atom. The van der Waals surface area contributed by atoms with Gasteiger partial charge in [0.25, 0.3) is 5.91 Å². The van der Waals surface area contributed by atoms with Crippen LogP contribution in [0.25, 0.3) is 0 Å². The summed E-state index contributed by atoms with van der Waals surface area (Å²) in [5.74, 6) is -1.79. The van der Waals surface area contributed by atoms with Gasteiger partial charge in [0.2, 0.25) is 5.91 Å². The van der Waals surface area contributed by atoms with Gasteiger partial charge in [-0.15, -0.1) is 0 Å². The van der Waals surface area contributed by atoms with Crippen molar-refractivity contribution in [2.75, 3.05) is 11.4 Å². The number of hydrogen-bond donors (Lipinski definition) is 1. The van der Waals surface area contributed by atoms with Gasteiger partial charge in [-0.1, -0.05) is 54.2 Å². The van der Waals surface area contributed by atoms with E-state index < -0.39 is 17.0 Å². The SMILES string of the molecule is N#CC(C(=O)NCCc1ccccc1)=C1SC(Cc2ccc(F)cc2)C(=O)N1c1ccc(F)cc1. The van der Waals surface area contributed by atoms with E-state index in [0.717, 1.165) is 22.9 Å². The fraction of sp³-hybridized carbons (Fsp3) is 0.148. The van der Waals surface area contributed by atoms with Crippen molar-refractivity contribution >= 4 is 29.3 Å². The number of rotatable bonds is 7. The molecule has 3 aromatic carbocycles. The second-order valence-corrected chi connectivity index (χ2v) is 9.06. The van der Waals surface area contributed by atoms with Crippen LogP contribution in [-0.4, -0.2) is 23.6 Å². The molecule has 4 rings (SSSR count). The highest BCUT2D eigenvalue weighted by Gasteiger charge is 2.40. The maximum atomic E-state index is 13.5. The predicted molar refractivity (Wildman–Crippen MR) is 131 cm³/mol. The van der Waals surface area contributed by atoms with E-state index in [1.54, 1.807) is 12.1 Å². The quantitative estimate of drug-likeness (QED) is 0.384. The number of amides is 2. The minimum Gasteiger partial charge on any atom is -0.351 e. The summed E-state index contributed by atoms with van der Waals surface area (Å²) >= 11 is 1.10. The van der Waals surface area contributed by atoms with E-state index in [4.69, 9.17) is 0 Å². The number of hydrogen-bond acceptors (Lipinski definition) is 4. The molecule has 3 aromatic rings. The van der Waals surface area contributed by atoms with Crippen molar-refractivity contribution in [3.8, 4) is 6.07 Å². The Hall–Kier alpha value is -3.96. The van der Waals surface area contributed by atoms with Crippen LogP contribution in [0.15, 0.2) is 89.5 Å². The van der Waals surface area contributed by atoms with Gasteiger partial charge < -0.3 is 5.32 Å². The smallest absolute Gasteiger partial charge is 0.264 e. The van der Waals surface area contributed by atoms with Crippen molar-refractivity contribution in [3.05, 3.63) is 112 Å². The Morgan fingerprint density at radius 3 is 2.20 bits per heavy atom. The van der Waals surface area contributed by atoms with Crippen LogP contribution in [0, 0.1) is 23.0 Å². The molecule has 1 saturated heterocycles. The lowest BCUT2D eigenvalue weighted by atomic mass is 10.1. The van der Waals surface area contributed by atoms with Crippen LogP contribution in [0.2, 0.25) is 0 Å². The first-order chi connectivity index (χ1) is 17.0. The molecule has 2 amide bonds. The number of carbonyl (C=O) groups is 2. The lowest BCUT2D eigenvalue weighted by molar-refractivity contribution is -0.117. The largest absolute Gasteiger partial charge is 0.351 e. The normalized spacial score (nSPS) is 16.7. The zero-order valence-corrected chi connectivity index (χ0v) is 19.4.